The predicted molar refractivity (Wildman–Crippen MR) is 85.1 cm³/mol. The molecular formula is C14H15BrClN3O. The number of benzene rings is 1. The van der Waals surface area contributed by atoms with E-state index in [1.807, 2.05) is 26.0 Å². The van der Waals surface area contributed by atoms with Crippen LogP contribution < -0.4 is 10.1 Å². The van der Waals surface area contributed by atoms with Gasteiger partial charge in [-0.25, -0.2) is 9.97 Å². The van der Waals surface area contributed by atoms with E-state index in [1.165, 1.54) is 0 Å². The van der Waals surface area contributed by atoms with Crippen LogP contribution in [0.4, 0.5) is 11.5 Å². The van der Waals surface area contributed by atoms with Gasteiger partial charge in [0.2, 0.25) is 0 Å². The molecule has 4 nitrogen and oxygen atoms in total. The first-order valence-corrected chi connectivity index (χ1v) is 7.35. The van der Waals surface area contributed by atoms with Crippen LogP contribution in [0.25, 0.3) is 0 Å². The average molecular weight is 357 g/mol. The Morgan fingerprint density at radius 1 is 1.30 bits per heavy atom. The molecule has 20 heavy (non-hydrogen) atoms. The quantitative estimate of drug-likeness (QED) is 0.818. The first-order valence-electron chi connectivity index (χ1n) is 6.18. The number of hydrogen-bond donors (Lipinski definition) is 1. The van der Waals surface area contributed by atoms with Crippen LogP contribution in [0.15, 0.2) is 22.8 Å². The second-order valence-electron chi connectivity index (χ2n) is 4.27. The number of nitrogens with one attached hydrogen (secondary N) is 1. The smallest absolute Gasteiger partial charge is 0.143 e. The van der Waals surface area contributed by atoms with Crippen LogP contribution in [0.1, 0.15) is 18.3 Å². The van der Waals surface area contributed by atoms with E-state index in [1.54, 1.807) is 13.2 Å². The van der Waals surface area contributed by atoms with E-state index in [4.69, 9.17) is 16.3 Å². The third kappa shape index (κ3) is 3.41. The van der Waals surface area contributed by atoms with E-state index in [0.717, 1.165) is 28.1 Å². The SMILES string of the molecule is CCc1nc(Br)cc(Nc2cc(C)c(Cl)cc2OC)n1. The van der Waals surface area contributed by atoms with Crippen LogP contribution in [-0.2, 0) is 6.42 Å². The van der Waals surface area contributed by atoms with Crippen LogP contribution in [0, 0.1) is 6.92 Å². The minimum atomic E-state index is 0.672. The molecule has 2 rings (SSSR count). The molecule has 0 bridgehead atoms. The van der Waals surface area contributed by atoms with Crippen molar-refractivity contribution in [2.45, 2.75) is 20.3 Å². The fourth-order valence-electron chi connectivity index (χ4n) is 1.75. The van der Waals surface area contributed by atoms with Crippen molar-refractivity contribution >= 4 is 39.0 Å². The monoisotopic (exact) mass is 355 g/mol. The normalized spacial score (nSPS) is 10.4. The highest BCUT2D eigenvalue weighted by Crippen LogP contribution is 2.32. The summed E-state index contributed by atoms with van der Waals surface area (Å²) in [7, 11) is 1.61. The van der Waals surface area contributed by atoms with Crippen molar-refractivity contribution in [1.82, 2.24) is 9.97 Å². The first kappa shape index (κ1) is 15.1. The Morgan fingerprint density at radius 3 is 2.70 bits per heavy atom. The molecule has 2 aromatic rings. The molecule has 1 aromatic heterocycles. The Morgan fingerprint density at radius 2 is 2.05 bits per heavy atom. The Balaban J connectivity index is 2.39. The van der Waals surface area contributed by atoms with Crippen LogP contribution >= 0.6 is 27.5 Å². The molecule has 1 aromatic carbocycles. The lowest BCUT2D eigenvalue weighted by atomic mass is 10.2. The molecule has 1 N–H and O–H groups in total. The van der Waals surface area contributed by atoms with Crippen LogP contribution in [0.5, 0.6) is 5.75 Å². The van der Waals surface area contributed by atoms with Gasteiger partial charge in [-0.1, -0.05) is 18.5 Å². The Kier molecular flexibility index (Phi) is 4.83. The summed E-state index contributed by atoms with van der Waals surface area (Å²) in [4.78, 5) is 8.72. The number of nitrogens with zero attached hydrogens (tertiary/aromatic N) is 2. The zero-order chi connectivity index (χ0) is 14.7. The maximum atomic E-state index is 6.10. The highest BCUT2D eigenvalue weighted by Gasteiger charge is 2.09. The van der Waals surface area contributed by atoms with E-state index in [9.17, 15) is 0 Å². The molecule has 106 valence electrons. The van der Waals surface area contributed by atoms with Crippen molar-refractivity contribution in [2.24, 2.45) is 0 Å². The minimum Gasteiger partial charge on any atom is -0.495 e. The molecule has 0 saturated heterocycles. The van der Waals surface area contributed by atoms with Gasteiger partial charge < -0.3 is 10.1 Å². The molecule has 0 aliphatic heterocycles. The molecule has 0 fully saturated rings. The highest BCUT2D eigenvalue weighted by atomic mass is 79.9. The first-order chi connectivity index (χ1) is 9.53. The summed E-state index contributed by atoms with van der Waals surface area (Å²) in [6, 6.07) is 5.54. The standard InChI is InChI=1S/C14H15BrClN3O/c1-4-13-18-12(15)7-14(19-13)17-10-5-8(2)9(16)6-11(10)20-3/h5-7H,4H2,1-3H3,(H,17,18,19). The molecular weight excluding hydrogens is 342 g/mol. The van der Waals surface area contributed by atoms with Gasteiger partial charge in [0, 0.05) is 23.6 Å². The van der Waals surface area contributed by atoms with Gasteiger partial charge in [0.25, 0.3) is 0 Å². The number of aryl methyl sites for hydroxylation is 2. The molecule has 0 aliphatic carbocycles. The minimum absolute atomic E-state index is 0.672. The summed E-state index contributed by atoms with van der Waals surface area (Å²) in [5.41, 5.74) is 1.79. The van der Waals surface area contributed by atoms with E-state index in [0.29, 0.717) is 16.6 Å². The summed E-state index contributed by atoms with van der Waals surface area (Å²) in [6.07, 6.45) is 0.769. The summed E-state index contributed by atoms with van der Waals surface area (Å²) < 4.78 is 6.08. The molecule has 0 atom stereocenters. The van der Waals surface area contributed by atoms with Gasteiger partial charge >= 0.3 is 0 Å². The average Bonchev–Trinajstić information content (AvgIpc) is 2.42. The van der Waals surface area contributed by atoms with Gasteiger partial charge in [-0.15, -0.1) is 0 Å². The number of hydrogen-bond acceptors (Lipinski definition) is 4. The molecule has 0 saturated carbocycles. The Labute approximate surface area is 131 Å². The molecule has 1 heterocycles. The molecule has 0 aliphatic rings. The van der Waals surface area contributed by atoms with E-state index < -0.39 is 0 Å². The predicted octanol–water partition coefficient (Wildman–Crippen LogP) is 4.52. The molecule has 6 heteroatoms. The number of rotatable bonds is 4. The summed E-state index contributed by atoms with van der Waals surface area (Å²) in [5, 5.41) is 3.91. The molecule has 0 amide bonds. The molecule has 0 unspecified atom stereocenters. The van der Waals surface area contributed by atoms with Gasteiger partial charge in [-0.05, 0) is 34.5 Å². The van der Waals surface area contributed by atoms with Gasteiger partial charge in [0.05, 0.1) is 12.8 Å². The summed E-state index contributed by atoms with van der Waals surface area (Å²) in [6.45, 7) is 3.96. The lowest BCUT2D eigenvalue weighted by Gasteiger charge is -2.13. The van der Waals surface area contributed by atoms with Crippen LogP contribution in [-0.4, -0.2) is 17.1 Å². The number of anilines is 2. The van der Waals surface area contributed by atoms with Crippen molar-refractivity contribution < 1.29 is 4.74 Å². The number of aromatic nitrogens is 2. The van der Waals surface area contributed by atoms with Gasteiger partial charge in [-0.3, -0.25) is 0 Å². The highest BCUT2D eigenvalue weighted by molar-refractivity contribution is 9.10. The Hall–Kier alpha value is -1.33. The van der Waals surface area contributed by atoms with E-state index >= 15 is 0 Å². The lowest BCUT2D eigenvalue weighted by Crippen LogP contribution is -2.01. The topological polar surface area (TPSA) is 47.0 Å². The second-order valence-corrected chi connectivity index (χ2v) is 5.49. The number of halogens is 2. The van der Waals surface area contributed by atoms with Crippen molar-refractivity contribution in [1.29, 1.82) is 0 Å². The van der Waals surface area contributed by atoms with E-state index in [-0.39, 0.29) is 0 Å². The summed E-state index contributed by atoms with van der Waals surface area (Å²) in [5.74, 6) is 2.16. The third-order valence-corrected chi connectivity index (χ3v) is 3.61. The Bertz CT molecular complexity index is 634. The largest absolute Gasteiger partial charge is 0.495 e. The maximum absolute atomic E-state index is 6.10. The number of ether oxygens (including phenoxy) is 1. The zero-order valence-electron chi connectivity index (χ0n) is 11.5. The molecule has 0 spiro atoms. The van der Waals surface area contributed by atoms with Gasteiger partial charge in [-0.2, -0.15) is 0 Å². The van der Waals surface area contributed by atoms with Gasteiger partial charge in [0.15, 0.2) is 0 Å². The van der Waals surface area contributed by atoms with Crippen LogP contribution in [0.2, 0.25) is 5.02 Å². The zero-order valence-corrected chi connectivity index (χ0v) is 13.8. The van der Waals surface area contributed by atoms with E-state index in [2.05, 4.69) is 31.2 Å². The molecule has 0 radical (unpaired) electrons. The third-order valence-electron chi connectivity index (χ3n) is 2.80. The van der Waals surface area contributed by atoms with Crippen molar-refractivity contribution in [2.75, 3.05) is 12.4 Å². The van der Waals surface area contributed by atoms with Crippen LogP contribution in [0.3, 0.4) is 0 Å². The van der Waals surface area contributed by atoms with Crippen molar-refractivity contribution in [3.8, 4) is 5.75 Å². The van der Waals surface area contributed by atoms with Gasteiger partial charge in [0.1, 0.15) is 22.0 Å². The van der Waals surface area contributed by atoms with Crippen molar-refractivity contribution in [3.05, 3.63) is 39.2 Å². The summed E-state index contributed by atoms with van der Waals surface area (Å²) >= 11 is 9.48. The fraction of sp³-hybridized carbons (Fsp3) is 0.286. The number of methoxy groups -OCH3 is 1. The maximum Gasteiger partial charge on any atom is 0.143 e. The second kappa shape index (κ2) is 6.41. The fourth-order valence-corrected chi connectivity index (χ4v) is 2.33. The lowest BCUT2D eigenvalue weighted by molar-refractivity contribution is 0.416. The van der Waals surface area contributed by atoms with Crippen molar-refractivity contribution in [3.63, 3.8) is 0 Å².